The van der Waals surface area contributed by atoms with Gasteiger partial charge in [0.2, 0.25) is 11.9 Å². The lowest BCUT2D eigenvalue weighted by molar-refractivity contribution is -0.118. The SMILES string of the molecule is CC1NNC(C(=O)Nc2cnc(Nc3cccc(NS(=O)(=O)c4ccccc4)c3)nc2)C1C. The van der Waals surface area contributed by atoms with Gasteiger partial charge in [0.1, 0.15) is 6.04 Å². The third kappa shape index (κ3) is 5.45. The summed E-state index contributed by atoms with van der Waals surface area (Å²) in [5.41, 5.74) is 7.52. The molecule has 11 heteroatoms. The lowest BCUT2D eigenvalue weighted by Gasteiger charge is -2.15. The average Bonchev–Trinajstić information content (AvgIpc) is 3.14. The predicted molar refractivity (Wildman–Crippen MR) is 126 cm³/mol. The number of benzene rings is 2. The topological polar surface area (TPSA) is 137 Å². The van der Waals surface area contributed by atoms with Gasteiger partial charge in [-0.05, 0) is 43.2 Å². The summed E-state index contributed by atoms with van der Waals surface area (Å²) < 4.78 is 27.6. The van der Waals surface area contributed by atoms with Crippen molar-refractivity contribution in [2.45, 2.75) is 30.8 Å². The van der Waals surface area contributed by atoms with Crippen LogP contribution in [0, 0.1) is 5.92 Å². The normalized spacial score (nSPS) is 20.2. The van der Waals surface area contributed by atoms with Gasteiger partial charge in [0.25, 0.3) is 10.0 Å². The highest BCUT2D eigenvalue weighted by atomic mass is 32.2. The highest BCUT2D eigenvalue weighted by Crippen LogP contribution is 2.22. The summed E-state index contributed by atoms with van der Waals surface area (Å²) >= 11 is 0. The molecule has 1 aliphatic heterocycles. The van der Waals surface area contributed by atoms with Gasteiger partial charge in [-0.2, -0.15) is 0 Å². The molecule has 0 spiro atoms. The molecular formula is C22H25N7O3S. The smallest absolute Gasteiger partial charge is 0.261 e. The van der Waals surface area contributed by atoms with E-state index in [1.165, 1.54) is 24.5 Å². The van der Waals surface area contributed by atoms with Crippen LogP contribution in [0.2, 0.25) is 0 Å². The van der Waals surface area contributed by atoms with Crippen molar-refractivity contribution in [3.05, 3.63) is 67.0 Å². The average molecular weight is 468 g/mol. The molecule has 0 aliphatic carbocycles. The second-order valence-corrected chi connectivity index (χ2v) is 9.51. The van der Waals surface area contributed by atoms with Gasteiger partial charge in [-0.25, -0.2) is 23.8 Å². The van der Waals surface area contributed by atoms with E-state index in [4.69, 9.17) is 0 Å². The summed E-state index contributed by atoms with van der Waals surface area (Å²) in [6, 6.07) is 14.8. The van der Waals surface area contributed by atoms with Crippen LogP contribution in [0.15, 0.2) is 71.9 Å². The zero-order chi connectivity index (χ0) is 23.4. The number of carbonyl (C=O) groups excluding carboxylic acids is 1. The summed E-state index contributed by atoms with van der Waals surface area (Å²) in [4.78, 5) is 21.1. The zero-order valence-electron chi connectivity index (χ0n) is 18.1. The summed E-state index contributed by atoms with van der Waals surface area (Å²) in [5.74, 6) is 0.277. The van der Waals surface area contributed by atoms with E-state index in [1.807, 2.05) is 13.8 Å². The zero-order valence-corrected chi connectivity index (χ0v) is 18.9. The molecule has 33 heavy (non-hydrogen) atoms. The molecule has 3 unspecified atom stereocenters. The summed E-state index contributed by atoms with van der Waals surface area (Å²) in [7, 11) is -3.69. The molecule has 1 amide bonds. The number of hydrogen-bond acceptors (Lipinski definition) is 8. The Kier molecular flexibility index (Phi) is 6.54. The van der Waals surface area contributed by atoms with Gasteiger partial charge >= 0.3 is 0 Å². The molecule has 2 heterocycles. The van der Waals surface area contributed by atoms with Crippen molar-refractivity contribution in [2.24, 2.45) is 5.92 Å². The van der Waals surface area contributed by atoms with E-state index in [9.17, 15) is 13.2 Å². The van der Waals surface area contributed by atoms with Crippen molar-refractivity contribution in [3.63, 3.8) is 0 Å². The fourth-order valence-corrected chi connectivity index (χ4v) is 4.43. The molecule has 0 radical (unpaired) electrons. The predicted octanol–water partition coefficient (Wildman–Crippen LogP) is 2.46. The van der Waals surface area contributed by atoms with Crippen LogP contribution >= 0.6 is 0 Å². The molecule has 1 saturated heterocycles. The van der Waals surface area contributed by atoms with E-state index in [0.29, 0.717) is 23.0 Å². The molecule has 10 nitrogen and oxygen atoms in total. The lowest BCUT2D eigenvalue weighted by atomic mass is 9.97. The number of hydrazine groups is 1. The Labute approximate surface area is 192 Å². The van der Waals surface area contributed by atoms with E-state index in [2.05, 4.69) is 36.2 Å². The maximum absolute atomic E-state index is 12.5. The number of sulfonamides is 1. The van der Waals surface area contributed by atoms with Crippen molar-refractivity contribution in [2.75, 3.05) is 15.4 Å². The van der Waals surface area contributed by atoms with E-state index in [1.54, 1.807) is 42.5 Å². The first-order valence-electron chi connectivity index (χ1n) is 10.4. The Hall–Kier alpha value is -3.54. The quantitative estimate of drug-likeness (QED) is 0.357. The number of hydrogen-bond donors (Lipinski definition) is 5. The summed E-state index contributed by atoms with van der Waals surface area (Å²) in [6.07, 6.45) is 3.01. The van der Waals surface area contributed by atoms with Gasteiger partial charge in [-0.3, -0.25) is 14.9 Å². The van der Waals surface area contributed by atoms with Crippen LogP contribution in [0.4, 0.5) is 23.0 Å². The molecule has 2 aromatic carbocycles. The molecule has 4 rings (SSSR count). The van der Waals surface area contributed by atoms with Crippen LogP contribution < -0.4 is 26.2 Å². The van der Waals surface area contributed by atoms with Crippen LogP contribution in [-0.2, 0) is 14.8 Å². The Bertz CT molecular complexity index is 1220. The molecular weight excluding hydrogens is 442 g/mol. The maximum atomic E-state index is 12.5. The van der Waals surface area contributed by atoms with Gasteiger partial charge in [-0.1, -0.05) is 31.2 Å². The van der Waals surface area contributed by atoms with Gasteiger partial charge in [-0.15, -0.1) is 0 Å². The largest absolute Gasteiger partial charge is 0.324 e. The molecule has 0 saturated carbocycles. The number of rotatable bonds is 7. The highest BCUT2D eigenvalue weighted by Gasteiger charge is 2.34. The number of aromatic nitrogens is 2. The molecule has 0 bridgehead atoms. The van der Waals surface area contributed by atoms with Gasteiger partial charge in [0.05, 0.1) is 28.7 Å². The highest BCUT2D eigenvalue weighted by molar-refractivity contribution is 7.92. The molecule has 1 aliphatic rings. The van der Waals surface area contributed by atoms with Crippen molar-refractivity contribution < 1.29 is 13.2 Å². The Balaban J connectivity index is 1.39. The first-order chi connectivity index (χ1) is 15.8. The van der Waals surface area contributed by atoms with Crippen molar-refractivity contribution in [3.8, 4) is 0 Å². The second-order valence-electron chi connectivity index (χ2n) is 7.82. The number of carbonyl (C=O) groups is 1. The van der Waals surface area contributed by atoms with Gasteiger partial charge in [0.15, 0.2) is 0 Å². The summed E-state index contributed by atoms with van der Waals surface area (Å²) in [5, 5.41) is 5.83. The van der Waals surface area contributed by atoms with E-state index >= 15 is 0 Å². The standard InChI is InChI=1S/C22H25N7O3S/c1-14-15(2)27-28-20(14)21(30)25-18-12-23-22(24-13-18)26-16-7-6-8-17(11-16)29-33(31,32)19-9-4-3-5-10-19/h3-15,20,27-29H,1-2H3,(H,25,30)(H,23,24,26). The molecule has 1 fully saturated rings. The first-order valence-corrected chi connectivity index (χ1v) is 11.9. The molecule has 3 atom stereocenters. The minimum Gasteiger partial charge on any atom is -0.324 e. The second kappa shape index (κ2) is 9.53. The Morgan fingerprint density at radius 1 is 0.909 bits per heavy atom. The lowest BCUT2D eigenvalue weighted by Crippen LogP contribution is -2.41. The molecule has 172 valence electrons. The molecule has 1 aromatic heterocycles. The van der Waals surface area contributed by atoms with Crippen molar-refractivity contribution in [1.29, 1.82) is 0 Å². The van der Waals surface area contributed by atoms with Crippen LogP contribution in [0.3, 0.4) is 0 Å². The van der Waals surface area contributed by atoms with E-state index < -0.39 is 10.0 Å². The minimum absolute atomic E-state index is 0.137. The number of amides is 1. The number of anilines is 4. The van der Waals surface area contributed by atoms with Crippen molar-refractivity contribution in [1.82, 2.24) is 20.8 Å². The summed E-state index contributed by atoms with van der Waals surface area (Å²) in [6.45, 7) is 4.01. The Morgan fingerprint density at radius 3 is 2.27 bits per heavy atom. The van der Waals surface area contributed by atoms with Crippen LogP contribution in [-0.4, -0.2) is 36.4 Å². The third-order valence-corrected chi connectivity index (χ3v) is 6.80. The van der Waals surface area contributed by atoms with Crippen LogP contribution in [0.25, 0.3) is 0 Å². The number of nitrogens with one attached hydrogen (secondary N) is 5. The fourth-order valence-electron chi connectivity index (χ4n) is 3.36. The van der Waals surface area contributed by atoms with Crippen LogP contribution in [0.1, 0.15) is 13.8 Å². The van der Waals surface area contributed by atoms with Gasteiger partial charge in [0, 0.05) is 11.7 Å². The van der Waals surface area contributed by atoms with Gasteiger partial charge < -0.3 is 10.6 Å². The maximum Gasteiger partial charge on any atom is 0.261 e. The number of nitrogens with zero attached hydrogens (tertiary/aromatic N) is 2. The molecule has 3 aromatic rings. The fraction of sp³-hybridized carbons (Fsp3) is 0.227. The minimum atomic E-state index is -3.69. The Morgan fingerprint density at radius 2 is 1.61 bits per heavy atom. The van der Waals surface area contributed by atoms with Crippen LogP contribution in [0.5, 0.6) is 0 Å². The third-order valence-electron chi connectivity index (χ3n) is 5.41. The first kappa shape index (κ1) is 22.6. The monoisotopic (exact) mass is 467 g/mol. The molecule has 5 N–H and O–H groups in total. The van der Waals surface area contributed by atoms with E-state index in [-0.39, 0.29) is 28.8 Å². The van der Waals surface area contributed by atoms with E-state index in [0.717, 1.165) is 0 Å². The van der Waals surface area contributed by atoms with Crippen molar-refractivity contribution >= 4 is 38.9 Å².